The Morgan fingerprint density at radius 1 is 1.23 bits per heavy atom. The van der Waals surface area contributed by atoms with Crippen molar-refractivity contribution in [2.45, 2.75) is 0 Å². The standard InChI is InChI=1S/C17H25F2N5O2/c1-20-17(22-12-16(25)21-5-10-26-2)24-8-6-23(7-9-24)15-11-13(18)3-4-14(15)19/h3-4,11H,5-10,12H2,1-2H3,(H,20,22)(H,21,25). The van der Waals surface area contributed by atoms with Crippen molar-refractivity contribution in [3.8, 4) is 0 Å². The van der Waals surface area contributed by atoms with Crippen molar-refractivity contribution in [1.29, 1.82) is 0 Å². The fourth-order valence-corrected chi connectivity index (χ4v) is 2.73. The molecule has 1 amide bonds. The molecule has 0 spiro atoms. The molecule has 0 bridgehead atoms. The van der Waals surface area contributed by atoms with Crippen LogP contribution in [0.1, 0.15) is 0 Å². The number of hydrogen-bond acceptors (Lipinski definition) is 4. The molecule has 2 rings (SSSR count). The fraction of sp³-hybridized carbons (Fsp3) is 0.529. The van der Waals surface area contributed by atoms with Crippen molar-refractivity contribution >= 4 is 17.6 Å². The molecule has 0 atom stereocenters. The molecule has 0 radical (unpaired) electrons. The summed E-state index contributed by atoms with van der Waals surface area (Å²) in [7, 11) is 3.21. The molecular formula is C17H25F2N5O2. The van der Waals surface area contributed by atoms with Crippen LogP contribution in [0.4, 0.5) is 14.5 Å². The minimum absolute atomic E-state index is 0.106. The lowest BCUT2D eigenvalue weighted by Crippen LogP contribution is -2.54. The first-order valence-electron chi connectivity index (χ1n) is 8.46. The number of anilines is 1. The van der Waals surface area contributed by atoms with Crippen molar-refractivity contribution in [3.05, 3.63) is 29.8 Å². The molecule has 144 valence electrons. The lowest BCUT2D eigenvalue weighted by atomic mass is 10.2. The van der Waals surface area contributed by atoms with Gasteiger partial charge in [-0.3, -0.25) is 9.79 Å². The Bertz CT molecular complexity index is 634. The van der Waals surface area contributed by atoms with Gasteiger partial charge in [-0.15, -0.1) is 0 Å². The molecular weight excluding hydrogens is 344 g/mol. The second-order valence-electron chi connectivity index (χ2n) is 5.81. The number of hydrogen-bond donors (Lipinski definition) is 2. The number of guanidine groups is 1. The van der Waals surface area contributed by atoms with Crippen LogP contribution in [0.25, 0.3) is 0 Å². The maximum Gasteiger partial charge on any atom is 0.239 e. The smallest absolute Gasteiger partial charge is 0.239 e. The molecule has 1 aromatic carbocycles. The molecule has 1 aliphatic rings. The first-order chi connectivity index (χ1) is 12.5. The second-order valence-corrected chi connectivity index (χ2v) is 5.81. The Balaban J connectivity index is 1.83. The van der Waals surface area contributed by atoms with Gasteiger partial charge in [0.05, 0.1) is 18.8 Å². The molecule has 26 heavy (non-hydrogen) atoms. The molecule has 1 aromatic rings. The van der Waals surface area contributed by atoms with Crippen LogP contribution in [0.5, 0.6) is 0 Å². The predicted octanol–water partition coefficient (Wildman–Crippen LogP) is 0.425. The quantitative estimate of drug-likeness (QED) is 0.432. The van der Waals surface area contributed by atoms with E-state index in [9.17, 15) is 13.6 Å². The second kappa shape index (κ2) is 9.91. The number of carbonyl (C=O) groups excluding carboxylic acids is 1. The summed E-state index contributed by atoms with van der Waals surface area (Å²) in [5.74, 6) is -0.439. The summed E-state index contributed by atoms with van der Waals surface area (Å²) in [6.07, 6.45) is 0. The van der Waals surface area contributed by atoms with Crippen LogP contribution in [0.3, 0.4) is 0 Å². The van der Waals surface area contributed by atoms with Gasteiger partial charge >= 0.3 is 0 Å². The topological polar surface area (TPSA) is 69.2 Å². The zero-order valence-corrected chi connectivity index (χ0v) is 15.1. The van der Waals surface area contributed by atoms with Gasteiger partial charge in [0, 0.05) is 52.9 Å². The van der Waals surface area contributed by atoms with E-state index in [1.165, 1.54) is 6.07 Å². The molecule has 2 N–H and O–H groups in total. The molecule has 0 aromatic heterocycles. The van der Waals surface area contributed by atoms with E-state index in [0.29, 0.717) is 45.3 Å². The minimum Gasteiger partial charge on any atom is -0.383 e. The number of rotatable bonds is 6. The summed E-state index contributed by atoms with van der Waals surface area (Å²) >= 11 is 0. The van der Waals surface area contributed by atoms with Crippen LogP contribution in [0, 0.1) is 11.6 Å². The lowest BCUT2D eigenvalue weighted by Gasteiger charge is -2.37. The van der Waals surface area contributed by atoms with Crippen LogP contribution < -0.4 is 15.5 Å². The molecule has 1 heterocycles. The predicted molar refractivity (Wildman–Crippen MR) is 96.4 cm³/mol. The Morgan fingerprint density at radius 2 is 1.96 bits per heavy atom. The average molecular weight is 369 g/mol. The van der Waals surface area contributed by atoms with Crippen LogP contribution in [0.15, 0.2) is 23.2 Å². The number of amides is 1. The first-order valence-corrected chi connectivity index (χ1v) is 8.46. The first kappa shape index (κ1) is 19.9. The van der Waals surface area contributed by atoms with E-state index in [0.717, 1.165) is 12.1 Å². The molecule has 0 saturated carbocycles. The number of halogens is 2. The number of aliphatic imine (C=N–C) groups is 1. The van der Waals surface area contributed by atoms with Crippen LogP contribution in [-0.2, 0) is 9.53 Å². The van der Waals surface area contributed by atoms with Gasteiger partial charge in [-0.1, -0.05) is 0 Å². The van der Waals surface area contributed by atoms with Crippen LogP contribution >= 0.6 is 0 Å². The zero-order valence-electron chi connectivity index (χ0n) is 15.1. The summed E-state index contributed by atoms with van der Waals surface area (Å²) in [5.41, 5.74) is 0.269. The molecule has 0 unspecified atom stereocenters. The number of piperazine rings is 1. The number of nitrogens with zero attached hydrogens (tertiary/aromatic N) is 3. The van der Waals surface area contributed by atoms with Gasteiger partial charge in [0.2, 0.25) is 5.91 Å². The van der Waals surface area contributed by atoms with Gasteiger partial charge in [-0.25, -0.2) is 8.78 Å². The Morgan fingerprint density at radius 3 is 2.62 bits per heavy atom. The number of methoxy groups -OCH3 is 1. The third-order valence-corrected chi connectivity index (χ3v) is 4.08. The van der Waals surface area contributed by atoms with E-state index in [2.05, 4.69) is 15.6 Å². The molecule has 1 fully saturated rings. The third-order valence-electron chi connectivity index (χ3n) is 4.08. The van der Waals surface area contributed by atoms with Crippen molar-refractivity contribution < 1.29 is 18.3 Å². The van der Waals surface area contributed by atoms with E-state index in [1.54, 1.807) is 19.1 Å². The van der Waals surface area contributed by atoms with Crippen molar-refractivity contribution in [2.24, 2.45) is 4.99 Å². The largest absolute Gasteiger partial charge is 0.383 e. The average Bonchev–Trinajstić information content (AvgIpc) is 2.65. The maximum atomic E-state index is 13.9. The molecule has 0 aliphatic carbocycles. The molecule has 1 saturated heterocycles. The molecule has 1 aliphatic heterocycles. The summed E-state index contributed by atoms with van der Waals surface area (Å²) in [6, 6.07) is 3.46. The van der Waals surface area contributed by atoms with Crippen LogP contribution in [-0.4, -0.2) is 76.8 Å². The van der Waals surface area contributed by atoms with E-state index in [-0.39, 0.29) is 18.1 Å². The van der Waals surface area contributed by atoms with Crippen molar-refractivity contribution in [2.75, 3.05) is 64.9 Å². The highest BCUT2D eigenvalue weighted by Crippen LogP contribution is 2.21. The number of nitrogens with one attached hydrogen (secondary N) is 2. The summed E-state index contributed by atoms with van der Waals surface area (Å²) in [5, 5.41) is 5.73. The zero-order chi connectivity index (χ0) is 18.9. The lowest BCUT2D eigenvalue weighted by molar-refractivity contribution is -0.120. The highest BCUT2D eigenvalue weighted by Gasteiger charge is 2.22. The van der Waals surface area contributed by atoms with Gasteiger partial charge in [0.25, 0.3) is 0 Å². The maximum absolute atomic E-state index is 13.9. The normalized spacial score (nSPS) is 15.2. The highest BCUT2D eigenvalue weighted by atomic mass is 19.1. The number of ether oxygens (including phenoxy) is 1. The van der Waals surface area contributed by atoms with Crippen molar-refractivity contribution in [3.63, 3.8) is 0 Å². The summed E-state index contributed by atoms with van der Waals surface area (Å²) in [4.78, 5) is 19.7. The molecule has 9 heteroatoms. The Labute approximate surface area is 152 Å². The van der Waals surface area contributed by atoms with E-state index < -0.39 is 11.6 Å². The number of benzene rings is 1. The summed E-state index contributed by atoms with van der Waals surface area (Å²) < 4.78 is 32.1. The monoisotopic (exact) mass is 369 g/mol. The SMILES string of the molecule is CN=C(NCC(=O)NCCOC)N1CCN(c2cc(F)ccc2F)CC1. The Hall–Kier alpha value is -2.42. The minimum atomic E-state index is -0.458. The summed E-state index contributed by atoms with van der Waals surface area (Å²) in [6.45, 7) is 3.24. The highest BCUT2D eigenvalue weighted by molar-refractivity contribution is 5.86. The van der Waals surface area contributed by atoms with E-state index in [1.807, 2.05) is 4.90 Å². The molecule has 7 nitrogen and oxygen atoms in total. The van der Waals surface area contributed by atoms with Crippen LogP contribution in [0.2, 0.25) is 0 Å². The third kappa shape index (κ3) is 5.55. The van der Waals surface area contributed by atoms with Gasteiger partial charge in [0.15, 0.2) is 5.96 Å². The van der Waals surface area contributed by atoms with E-state index in [4.69, 9.17) is 4.74 Å². The van der Waals surface area contributed by atoms with Gasteiger partial charge in [-0.05, 0) is 12.1 Å². The fourth-order valence-electron chi connectivity index (χ4n) is 2.73. The Kier molecular flexibility index (Phi) is 7.58. The van der Waals surface area contributed by atoms with Crippen molar-refractivity contribution in [1.82, 2.24) is 15.5 Å². The van der Waals surface area contributed by atoms with Gasteiger partial charge < -0.3 is 25.2 Å². The number of carbonyl (C=O) groups is 1. The van der Waals surface area contributed by atoms with Gasteiger partial charge in [0.1, 0.15) is 11.6 Å². The van der Waals surface area contributed by atoms with Gasteiger partial charge in [-0.2, -0.15) is 0 Å². The van der Waals surface area contributed by atoms with E-state index >= 15 is 0 Å².